The summed E-state index contributed by atoms with van der Waals surface area (Å²) in [6.07, 6.45) is 1.20. The monoisotopic (exact) mass is 398 g/mol. The summed E-state index contributed by atoms with van der Waals surface area (Å²) < 4.78 is 18.7. The third kappa shape index (κ3) is 2.46. The smallest absolute Gasteiger partial charge is 0.339 e. The summed E-state index contributed by atoms with van der Waals surface area (Å²) in [6.45, 7) is 17.6. The van der Waals surface area contributed by atoms with Gasteiger partial charge in [0.1, 0.15) is 22.7 Å². The molecule has 5 heteroatoms. The number of fused-ring (bicyclic) bond motifs is 6. The van der Waals surface area contributed by atoms with E-state index in [1.165, 1.54) is 0 Å². The standard InChI is InChI=1S/C24H30O5/c1-11-10-14-17(28-23(11,6)7)15-12(2)13(3)21(26)27-19(15)16-18(14)29-24(8,9)22(4,5)20(16)25/h10,20,25H,1-9H3. The van der Waals surface area contributed by atoms with Crippen molar-refractivity contribution in [2.75, 3.05) is 0 Å². The second-order valence-electron chi connectivity index (χ2n) is 10.0. The van der Waals surface area contributed by atoms with E-state index in [1.807, 2.05) is 55.4 Å². The molecule has 0 radical (unpaired) electrons. The van der Waals surface area contributed by atoms with Crippen LogP contribution in [0.25, 0.3) is 17.0 Å². The van der Waals surface area contributed by atoms with E-state index in [2.05, 4.69) is 6.08 Å². The van der Waals surface area contributed by atoms with Crippen molar-refractivity contribution in [1.82, 2.24) is 0 Å². The van der Waals surface area contributed by atoms with E-state index in [-0.39, 0.29) is 0 Å². The largest absolute Gasteiger partial charge is 0.486 e. The van der Waals surface area contributed by atoms with E-state index >= 15 is 0 Å². The zero-order valence-electron chi connectivity index (χ0n) is 18.7. The molecule has 1 N–H and O–H groups in total. The van der Waals surface area contributed by atoms with Crippen molar-refractivity contribution in [3.05, 3.63) is 38.2 Å². The van der Waals surface area contributed by atoms with Crippen molar-refractivity contribution >= 4 is 17.0 Å². The average Bonchev–Trinajstić information content (AvgIpc) is 2.59. The summed E-state index contributed by atoms with van der Waals surface area (Å²) in [7, 11) is 0. The van der Waals surface area contributed by atoms with Gasteiger partial charge in [-0.05, 0) is 65.7 Å². The van der Waals surface area contributed by atoms with Crippen molar-refractivity contribution in [1.29, 1.82) is 0 Å². The summed E-state index contributed by atoms with van der Waals surface area (Å²) in [5.74, 6) is 1.17. The Hall–Kier alpha value is -2.27. The fourth-order valence-electron chi connectivity index (χ4n) is 4.08. The van der Waals surface area contributed by atoms with Gasteiger partial charge in [0.2, 0.25) is 0 Å². The first-order valence-electron chi connectivity index (χ1n) is 10.1. The minimum atomic E-state index is -0.872. The maximum atomic E-state index is 12.5. The molecule has 156 valence electrons. The summed E-state index contributed by atoms with van der Waals surface area (Å²) in [5.41, 5.74) is 1.90. The van der Waals surface area contributed by atoms with Crippen molar-refractivity contribution < 1.29 is 19.0 Å². The number of aliphatic hydroxyl groups excluding tert-OH is 1. The quantitative estimate of drug-likeness (QED) is 0.617. The van der Waals surface area contributed by atoms with Crippen LogP contribution in [0.1, 0.15) is 76.8 Å². The third-order valence-electron chi connectivity index (χ3n) is 7.40. The van der Waals surface area contributed by atoms with E-state index in [9.17, 15) is 9.90 Å². The zero-order valence-corrected chi connectivity index (χ0v) is 18.7. The normalized spacial score (nSPS) is 23.5. The highest BCUT2D eigenvalue weighted by Crippen LogP contribution is 2.58. The first-order valence-corrected chi connectivity index (χ1v) is 10.1. The van der Waals surface area contributed by atoms with Gasteiger partial charge in [0.05, 0.1) is 22.6 Å². The molecule has 2 aliphatic rings. The number of benzene rings is 1. The van der Waals surface area contributed by atoms with Gasteiger partial charge in [0.15, 0.2) is 5.58 Å². The highest BCUT2D eigenvalue weighted by Gasteiger charge is 2.52. The lowest BCUT2D eigenvalue weighted by Crippen LogP contribution is -2.51. The van der Waals surface area contributed by atoms with Gasteiger partial charge in [-0.1, -0.05) is 13.8 Å². The lowest BCUT2D eigenvalue weighted by Gasteiger charge is -2.50. The van der Waals surface area contributed by atoms with Gasteiger partial charge in [-0.25, -0.2) is 4.79 Å². The lowest BCUT2D eigenvalue weighted by atomic mass is 9.68. The third-order valence-corrected chi connectivity index (χ3v) is 7.40. The molecule has 0 saturated carbocycles. The van der Waals surface area contributed by atoms with E-state index in [0.29, 0.717) is 28.2 Å². The van der Waals surface area contributed by atoms with Crippen LogP contribution >= 0.6 is 0 Å². The summed E-state index contributed by atoms with van der Waals surface area (Å²) in [4.78, 5) is 12.5. The second-order valence-corrected chi connectivity index (χ2v) is 10.0. The molecule has 0 amide bonds. The van der Waals surface area contributed by atoms with Crippen molar-refractivity contribution in [2.24, 2.45) is 5.41 Å². The molecule has 1 aromatic heterocycles. The Balaban J connectivity index is 2.25. The van der Waals surface area contributed by atoms with E-state index in [0.717, 1.165) is 22.1 Å². The molecular formula is C24H30O5. The van der Waals surface area contributed by atoms with Crippen molar-refractivity contribution in [2.45, 2.75) is 79.6 Å². The van der Waals surface area contributed by atoms with Crippen LogP contribution in [0, 0.1) is 19.3 Å². The highest BCUT2D eigenvalue weighted by molar-refractivity contribution is 5.97. The predicted octanol–water partition coefficient (Wildman–Crippen LogP) is 5.21. The maximum absolute atomic E-state index is 12.5. The first kappa shape index (κ1) is 20.0. The summed E-state index contributed by atoms with van der Waals surface area (Å²) >= 11 is 0. The van der Waals surface area contributed by atoms with E-state index in [1.54, 1.807) is 6.92 Å². The fourth-order valence-corrected chi connectivity index (χ4v) is 4.08. The zero-order chi connectivity index (χ0) is 21.7. The highest BCUT2D eigenvalue weighted by atomic mass is 16.5. The Morgan fingerprint density at radius 3 is 2.17 bits per heavy atom. The molecule has 4 rings (SSSR count). The Morgan fingerprint density at radius 1 is 0.931 bits per heavy atom. The van der Waals surface area contributed by atoms with Gasteiger partial charge in [-0.15, -0.1) is 0 Å². The van der Waals surface area contributed by atoms with Crippen LogP contribution in [0.3, 0.4) is 0 Å². The molecule has 0 bridgehead atoms. The number of hydrogen-bond acceptors (Lipinski definition) is 5. The van der Waals surface area contributed by atoms with Crippen LogP contribution in [0.5, 0.6) is 11.5 Å². The van der Waals surface area contributed by atoms with E-state index < -0.39 is 28.3 Å². The second kappa shape index (κ2) is 5.66. The minimum absolute atomic E-state index is 0.353. The Kier molecular flexibility index (Phi) is 3.91. The average molecular weight is 398 g/mol. The number of aliphatic hydroxyl groups is 1. The molecule has 0 saturated heterocycles. The molecule has 1 aromatic carbocycles. The molecule has 0 aliphatic carbocycles. The van der Waals surface area contributed by atoms with Gasteiger partial charge < -0.3 is 19.0 Å². The van der Waals surface area contributed by atoms with Crippen molar-refractivity contribution in [3.8, 4) is 11.5 Å². The van der Waals surface area contributed by atoms with Crippen LogP contribution < -0.4 is 15.1 Å². The Morgan fingerprint density at radius 2 is 1.55 bits per heavy atom. The SMILES string of the molecule is CC1=Cc2c3c(c4oc(=O)c(C)c(C)c4c2OC1(C)C)C(O)C(C)(C)C(C)(C)O3. The van der Waals surface area contributed by atoms with Gasteiger partial charge in [-0.3, -0.25) is 0 Å². The van der Waals surface area contributed by atoms with Crippen LogP contribution in [0.15, 0.2) is 14.8 Å². The molecule has 0 spiro atoms. The van der Waals surface area contributed by atoms with Gasteiger partial charge >= 0.3 is 5.63 Å². The molecule has 5 nitrogen and oxygen atoms in total. The summed E-state index contributed by atoms with van der Waals surface area (Å²) in [5, 5.41) is 12.2. The van der Waals surface area contributed by atoms with Crippen LogP contribution in [-0.2, 0) is 0 Å². The Bertz CT molecular complexity index is 1140. The molecular weight excluding hydrogens is 368 g/mol. The minimum Gasteiger partial charge on any atom is -0.486 e. The Labute approximate surface area is 171 Å². The van der Waals surface area contributed by atoms with Crippen LogP contribution in [-0.4, -0.2) is 16.3 Å². The number of hydrogen-bond donors (Lipinski definition) is 1. The first-order chi connectivity index (χ1) is 13.2. The number of ether oxygens (including phenoxy) is 2. The fraction of sp³-hybridized carbons (Fsp3) is 0.542. The van der Waals surface area contributed by atoms with Crippen molar-refractivity contribution in [3.63, 3.8) is 0 Å². The summed E-state index contributed by atoms with van der Waals surface area (Å²) in [6, 6.07) is 0. The molecule has 2 aliphatic heterocycles. The maximum Gasteiger partial charge on any atom is 0.339 e. The molecule has 0 fully saturated rings. The number of rotatable bonds is 0. The molecule has 1 atom stereocenters. The van der Waals surface area contributed by atoms with Crippen LogP contribution in [0.2, 0.25) is 0 Å². The molecule has 1 unspecified atom stereocenters. The predicted molar refractivity (Wildman–Crippen MR) is 114 cm³/mol. The molecule has 2 aromatic rings. The van der Waals surface area contributed by atoms with E-state index in [4.69, 9.17) is 13.9 Å². The van der Waals surface area contributed by atoms with Crippen LogP contribution in [0.4, 0.5) is 0 Å². The topological polar surface area (TPSA) is 68.9 Å². The van der Waals surface area contributed by atoms with Gasteiger partial charge in [0.25, 0.3) is 0 Å². The molecule has 3 heterocycles. The van der Waals surface area contributed by atoms with Gasteiger partial charge in [-0.2, -0.15) is 0 Å². The lowest BCUT2D eigenvalue weighted by molar-refractivity contribution is -0.110. The van der Waals surface area contributed by atoms with Gasteiger partial charge in [0, 0.05) is 11.0 Å². The number of aryl methyl sites for hydroxylation is 1. The molecule has 29 heavy (non-hydrogen) atoms.